The number of carboxylic acid groups (broad SMARTS) is 1. The van der Waals surface area contributed by atoms with Gasteiger partial charge in [-0.1, -0.05) is 19.3 Å². The summed E-state index contributed by atoms with van der Waals surface area (Å²) in [7, 11) is 3.14. The first kappa shape index (κ1) is 15.0. The number of hydrogen-bond donors (Lipinski definition) is 1. The van der Waals surface area contributed by atoms with E-state index in [9.17, 15) is 9.59 Å². The Balaban J connectivity index is 0.00000225. The Labute approximate surface area is 102 Å². The molecule has 0 aromatic rings. The van der Waals surface area contributed by atoms with Gasteiger partial charge in [-0.15, -0.1) is 12.4 Å². The van der Waals surface area contributed by atoms with E-state index in [1.807, 2.05) is 0 Å². The second kappa shape index (κ2) is 6.58. The second-order valence-electron chi connectivity index (χ2n) is 4.12. The van der Waals surface area contributed by atoms with Crippen molar-refractivity contribution < 1.29 is 14.7 Å². The number of rotatable bonds is 1. The Kier molecular flexibility index (Phi) is 6.18. The highest BCUT2D eigenvalue weighted by Crippen LogP contribution is 2.23. The summed E-state index contributed by atoms with van der Waals surface area (Å²) in [6.07, 6.45) is 3.61. The first-order valence-corrected chi connectivity index (χ1v) is 5.27. The summed E-state index contributed by atoms with van der Waals surface area (Å²) in [6.45, 7) is 0. The lowest BCUT2D eigenvalue weighted by Crippen LogP contribution is -2.49. The molecule has 0 radical (unpaired) electrons. The van der Waals surface area contributed by atoms with Crippen LogP contribution >= 0.6 is 12.4 Å². The van der Waals surface area contributed by atoms with E-state index in [1.54, 1.807) is 14.1 Å². The summed E-state index contributed by atoms with van der Waals surface area (Å²) in [4.78, 5) is 25.0. The van der Waals surface area contributed by atoms with Gasteiger partial charge in [-0.05, 0) is 12.8 Å². The average Bonchev–Trinajstić information content (AvgIpc) is 2.18. The molecule has 1 fully saturated rings. The van der Waals surface area contributed by atoms with Gasteiger partial charge in [-0.3, -0.25) is 0 Å². The van der Waals surface area contributed by atoms with E-state index in [2.05, 4.69) is 0 Å². The van der Waals surface area contributed by atoms with Gasteiger partial charge in [0.1, 0.15) is 0 Å². The Hall–Kier alpha value is -0.970. The first-order chi connectivity index (χ1) is 7.04. The predicted molar refractivity (Wildman–Crippen MR) is 63.1 cm³/mol. The van der Waals surface area contributed by atoms with Crippen LogP contribution in [0.4, 0.5) is 9.59 Å². The van der Waals surface area contributed by atoms with Gasteiger partial charge in [0, 0.05) is 20.1 Å². The molecule has 0 bridgehead atoms. The topological polar surface area (TPSA) is 60.9 Å². The summed E-state index contributed by atoms with van der Waals surface area (Å²) in [5.41, 5.74) is 0. The molecular weight excluding hydrogens is 232 g/mol. The van der Waals surface area contributed by atoms with Gasteiger partial charge >= 0.3 is 12.1 Å². The lowest BCUT2D eigenvalue weighted by Gasteiger charge is -2.32. The quantitative estimate of drug-likeness (QED) is 0.777. The van der Waals surface area contributed by atoms with Crippen molar-refractivity contribution >= 4 is 24.5 Å². The van der Waals surface area contributed by atoms with E-state index in [-0.39, 0.29) is 18.4 Å². The molecule has 1 saturated carbocycles. The van der Waals surface area contributed by atoms with Crippen LogP contribution in [0, 0.1) is 0 Å². The summed E-state index contributed by atoms with van der Waals surface area (Å²) in [5.74, 6) is 0. The maximum absolute atomic E-state index is 11.7. The van der Waals surface area contributed by atoms with Crippen molar-refractivity contribution in [1.82, 2.24) is 9.80 Å². The zero-order valence-electron chi connectivity index (χ0n) is 9.68. The molecule has 0 atom stereocenters. The summed E-state index contributed by atoms with van der Waals surface area (Å²) >= 11 is 0. The van der Waals surface area contributed by atoms with E-state index in [0.29, 0.717) is 0 Å². The van der Waals surface area contributed by atoms with E-state index < -0.39 is 12.1 Å². The lowest BCUT2D eigenvalue weighted by atomic mass is 9.94. The molecule has 0 saturated heterocycles. The number of nitrogens with zero attached hydrogens (tertiary/aromatic N) is 2. The Morgan fingerprint density at radius 3 is 2.00 bits per heavy atom. The van der Waals surface area contributed by atoms with Crippen molar-refractivity contribution in [1.29, 1.82) is 0 Å². The monoisotopic (exact) mass is 250 g/mol. The fourth-order valence-electron chi connectivity index (χ4n) is 1.95. The van der Waals surface area contributed by atoms with Crippen molar-refractivity contribution in [3.05, 3.63) is 0 Å². The molecule has 1 aliphatic rings. The van der Waals surface area contributed by atoms with Gasteiger partial charge in [-0.2, -0.15) is 0 Å². The van der Waals surface area contributed by atoms with E-state index in [4.69, 9.17) is 5.11 Å². The molecule has 0 aromatic carbocycles. The first-order valence-electron chi connectivity index (χ1n) is 5.27. The van der Waals surface area contributed by atoms with Gasteiger partial charge in [-0.25, -0.2) is 14.5 Å². The van der Waals surface area contributed by atoms with Crippen LogP contribution in [0.1, 0.15) is 32.1 Å². The van der Waals surface area contributed by atoms with Crippen LogP contribution < -0.4 is 0 Å². The van der Waals surface area contributed by atoms with Crippen LogP contribution in [-0.2, 0) is 0 Å². The zero-order valence-corrected chi connectivity index (χ0v) is 10.5. The van der Waals surface area contributed by atoms with Gasteiger partial charge < -0.3 is 10.0 Å². The van der Waals surface area contributed by atoms with Gasteiger partial charge in [0.15, 0.2) is 0 Å². The molecule has 0 aliphatic heterocycles. The fraction of sp³-hybridized carbons (Fsp3) is 0.800. The Morgan fingerprint density at radius 1 is 1.12 bits per heavy atom. The summed E-state index contributed by atoms with van der Waals surface area (Å²) < 4.78 is 0. The largest absolute Gasteiger partial charge is 0.465 e. The average molecular weight is 251 g/mol. The van der Waals surface area contributed by atoms with E-state index >= 15 is 0 Å². The third-order valence-electron chi connectivity index (χ3n) is 2.73. The molecule has 3 amide bonds. The van der Waals surface area contributed by atoms with Crippen molar-refractivity contribution in [2.45, 2.75) is 38.1 Å². The minimum Gasteiger partial charge on any atom is -0.465 e. The van der Waals surface area contributed by atoms with Gasteiger partial charge in [0.25, 0.3) is 0 Å². The van der Waals surface area contributed by atoms with Crippen molar-refractivity contribution in [2.75, 3.05) is 14.1 Å². The van der Waals surface area contributed by atoms with E-state index in [0.717, 1.165) is 37.0 Å². The minimum absolute atomic E-state index is 0. The van der Waals surface area contributed by atoms with Crippen LogP contribution in [0.2, 0.25) is 0 Å². The Bertz CT molecular complexity index is 252. The number of halogens is 1. The highest BCUT2D eigenvalue weighted by Gasteiger charge is 2.31. The fourth-order valence-corrected chi connectivity index (χ4v) is 1.95. The third-order valence-corrected chi connectivity index (χ3v) is 2.73. The minimum atomic E-state index is -1.14. The maximum atomic E-state index is 11.7. The molecule has 1 aliphatic carbocycles. The SMILES string of the molecule is CN(C)C(=O)N(C(=O)O)C1CCCCC1.Cl. The molecule has 5 nitrogen and oxygen atoms in total. The standard InChI is InChI=1S/C10H18N2O3.ClH/c1-11(2)9(13)12(10(14)15)8-6-4-3-5-7-8;/h8H,3-7H2,1-2H3,(H,14,15);1H. The number of imide groups is 1. The number of amides is 3. The predicted octanol–water partition coefficient (Wildman–Crippen LogP) is 2.40. The highest BCUT2D eigenvalue weighted by atomic mass is 35.5. The van der Waals surface area contributed by atoms with Crippen molar-refractivity contribution in [2.24, 2.45) is 0 Å². The third kappa shape index (κ3) is 3.56. The number of urea groups is 1. The van der Waals surface area contributed by atoms with Crippen molar-refractivity contribution in [3.8, 4) is 0 Å². The zero-order chi connectivity index (χ0) is 11.4. The lowest BCUT2D eigenvalue weighted by molar-refractivity contribution is 0.110. The second-order valence-corrected chi connectivity index (χ2v) is 4.12. The molecule has 0 heterocycles. The molecule has 0 spiro atoms. The molecular formula is C10H19ClN2O3. The molecule has 16 heavy (non-hydrogen) atoms. The molecule has 94 valence electrons. The number of carbonyl (C=O) groups is 2. The maximum Gasteiger partial charge on any atom is 0.415 e. The van der Waals surface area contributed by atoms with Gasteiger partial charge in [0.2, 0.25) is 0 Å². The normalized spacial score (nSPS) is 16.1. The number of hydrogen-bond acceptors (Lipinski definition) is 2. The highest BCUT2D eigenvalue weighted by molar-refractivity contribution is 5.90. The van der Waals surface area contributed by atoms with Crippen LogP contribution in [0.15, 0.2) is 0 Å². The molecule has 1 N–H and O–H groups in total. The molecule has 0 unspecified atom stereocenters. The molecule has 6 heteroatoms. The Morgan fingerprint density at radius 2 is 1.62 bits per heavy atom. The summed E-state index contributed by atoms with van der Waals surface area (Å²) in [6, 6.07) is -0.569. The molecule has 1 rings (SSSR count). The van der Waals surface area contributed by atoms with Gasteiger partial charge in [0.05, 0.1) is 0 Å². The van der Waals surface area contributed by atoms with E-state index in [1.165, 1.54) is 4.90 Å². The van der Waals surface area contributed by atoms with Crippen LogP contribution in [0.3, 0.4) is 0 Å². The molecule has 0 aromatic heterocycles. The van der Waals surface area contributed by atoms with Crippen LogP contribution in [0.5, 0.6) is 0 Å². The number of carbonyl (C=O) groups excluding carboxylic acids is 1. The van der Waals surface area contributed by atoms with Crippen LogP contribution in [0.25, 0.3) is 0 Å². The smallest absolute Gasteiger partial charge is 0.415 e. The van der Waals surface area contributed by atoms with Crippen molar-refractivity contribution in [3.63, 3.8) is 0 Å². The summed E-state index contributed by atoms with van der Waals surface area (Å²) in [5, 5.41) is 9.02. The van der Waals surface area contributed by atoms with Crippen LogP contribution in [-0.4, -0.2) is 47.2 Å².